The van der Waals surface area contributed by atoms with Gasteiger partial charge in [-0.05, 0) is 43.7 Å². The molecular weight excluding hydrogens is 458 g/mol. The Hall–Kier alpha value is -3.65. The fraction of sp³-hybridized carbons (Fsp3) is 0.393. The number of morpholine rings is 1. The molecular formula is C28H37N3O5. The van der Waals surface area contributed by atoms with Gasteiger partial charge in [0, 0.05) is 30.4 Å². The van der Waals surface area contributed by atoms with Crippen LogP contribution in [0.3, 0.4) is 0 Å². The average Bonchev–Trinajstić information content (AvgIpc) is 2.92. The number of aromatic nitrogens is 2. The standard InChI is InChI=1S/C24H27N3O4.C3H8.CH2O/c1-4-31-23-16-21(18-6-5-7-20(14-18)29-3)25-27(24(23)28)22-15-19(9-8-17(22)2)26-10-12-30-13-11-26;1-3-2;1-2/h5-9,14-16H,4,10-13H2,1-3H3;3H2,1-2H3;1H2. The number of hydrogen-bond donors (Lipinski definition) is 0. The summed E-state index contributed by atoms with van der Waals surface area (Å²) < 4.78 is 17.9. The van der Waals surface area contributed by atoms with Gasteiger partial charge in [-0.15, -0.1) is 0 Å². The number of carbonyl (C=O) groups excluding carboxylic acids is 1. The highest BCUT2D eigenvalue weighted by Gasteiger charge is 2.17. The van der Waals surface area contributed by atoms with Gasteiger partial charge in [-0.3, -0.25) is 4.79 Å². The van der Waals surface area contributed by atoms with Crippen LogP contribution in [-0.4, -0.2) is 56.6 Å². The first-order valence-corrected chi connectivity index (χ1v) is 12.2. The van der Waals surface area contributed by atoms with Crippen molar-refractivity contribution in [3.8, 4) is 28.4 Å². The van der Waals surface area contributed by atoms with E-state index in [1.165, 1.54) is 11.1 Å². The quantitative estimate of drug-likeness (QED) is 0.491. The van der Waals surface area contributed by atoms with E-state index < -0.39 is 0 Å². The zero-order valence-electron chi connectivity index (χ0n) is 22.0. The van der Waals surface area contributed by atoms with Gasteiger partial charge in [-0.2, -0.15) is 9.78 Å². The molecule has 2 aromatic carbocycles. The fourth-order valence-electron chi connectivity index (χ4n) is 3.66. The van der Waals surface area contributed by atoms with Crippen molar-refractivity contribution in [1.29, 1.82) is 0 Å². The van der Waals surface area contributed by atoms with Gasteiger partial charge in [0.2, 0.25) is 0 Å². The van der Waals surface area contributed by atoms with E-state index in [-0.39, 0.29) is 11.3 Å². The van der Waals surface area contributed by atoms with Crippen molar-refractivity contribution in [2.24, 2.45) is 0 Å². The molecule has 4 rings (SSSR count). The Morgan fingerprint density at radius 1 is 1.03 bits per heavy atom. The van der Waals surface area contributed by atoms with Crippen LogP contribution in [0.4, 0.5) is 5.69 Å². The van der Waals surface area contributed by atoms with E-state index >= 15 is 0 Å². The van der Waals surface area contributed by atoms with Crippen LogP contribution in [0.2, 0.25) is 0 Å². The Morgan fingerprint density at radius 3 is 2.36 bits per heavy atom. The van der Waals surface area contributed by atoms with Gasteiger partial charge in [0.25, 0.3) is 0 Å². The van der Waals surface area contributed by atoms with Crippen LogP contribution < -0.4 is 19.9 Å². The molecule has 1 aliphatic heterocycles. The number of nitrogens with zero attached hydrogens (tertiary/aromatic N) is 3. The van der Waals surface area contributed by atoms with E-state index in [9.17, 15) is 4.79 Å². The van der Waals surface area contributed by atoms with Gasteiger partial charge in [0.1, 0.15) is 12.5 Å². The first-order valence-electron chi connectivity index (χ1n) is 12.2. The normalized spacial score (nSPS) is 12.5. The lowest BCUT2D eigenvalue weighted by atomic mass is 10.1. The summed E-state index contributed by atoms with van der Waals surface area (Å²) in [6.45, 7) is 13.5. The molecule has 1 aromatic heterocycles. The molecule has 1 fully saturated rings. The second kappa shape index (κ2) is 14.7. The highest BCUT2D eigenvalue weighted by Crippen LogP contribution is 2.26. The summed E-state index contributed by atoms with van der Waals surface area (Å²) in [5, 5.41) is 4.70. The summed E-state index contributed by atoms with van der Waals surface area (Å²) in [5.74, 6) is 0.993. The van der Waals surface area contributed by atoms with E-state index in [4.69, 9.17) is 24.1 Å². The van der Waals surface area contributed by atoms with E-state index in [0.29, 0.717) is 25.5 Å². The van der Waals surface area contributed by atoms with Crippen molar-refractivity contribution in [3.05, 3.63) is 64.4 Å². The molecule has 0 amide bonds. The van der Waals surface area contributed by atoms with Gasteiger partial charge < -0.3 is 23.9 Å². The van der Waals surface area contributed by atoms with Gasteiger partial charge >= 0.3 is 5.56 Å². The molecule has 0 bridgehead atoms. The largest absolute Gasteiger partial charge is 0.497 e. The molecule has 0 saturated carbocycles. The van der Waals surface area contributed by atoms with Crippen molar-refractivity contribution < 1.29 is 19.0 Å². The monoisotopic (exact) mass is 495 g/mol. The number of hydrogen-bond acceptors (Lipinski definition) is 7. The van der Waals surface area contributed by atoms with Crippen LogP contribution in [0.15, 0.2) is 53.3 Å². The number of ether oxygens (including phenoxy) is 3. The third-order valence-corrected chi connectivity index (χ3v) is 5.34. The van der Waals surface area contributed by atoms with E-state index in [0.717, 1.165) is 41.3 Å². The zero-order valence-corrected chi connectivity index (χ0v) is 22.0. The zero-order chi connectivity index (χ0) is 26.5. The highest BCUT2D eigenvalue weighted by atomic mass is 16.5. The topological polar surface area (TPSA) is 82.9 Å². The molecule has 0 atom stereocenters. The first kappa shape index (κ1) is 28.6. The summed E-state index contributed by atoms with van der Waals surface area (Å²) in [6.07, 6.45) is 1.25. The molecule has 2 heterocycles. The fourth-order valence-corrected chi connectivity index (χ4v) is 3.66. The molecule has 1 saturated heterocycles. The third-order valence-electron chi connectivity index (χ3n) is 5.34. The first-order chi connectivity index (χ1) is 17.5. The Bertz CT molecular complexity index is 1160. The second-order valence-electron chi connectivity index (χ2n) is 8.05. The van der Waals surface area contributed by atoms with Crippen LogP contribution >= 0.6 is 0 Å². The van der Waals surface area contributed by atoms with Crippen LogP contribution in [0.1, 0.15) is 32.8 Å². The molecule has 0 aliphatic carbocycles. The number of aryl methyl sites for hydroxylation is 1. The van der Waals surface area contributed by atoms with Gasteiger partial charge in [0.05, 0.1) is 38.3 Å². The van der Waals surface area contributed by atoms with Gasteiger partial charge in [0.15, 0.2) is 5.75 Å². The van der Waals surface area contributed by atoms with Crippen LogP contribution in [0.5, 0.6) is 11.5 Å². The summed E-state index contributed by atoms with van der Waals surface area (Å²) >= 11 is 0. The van der Waals surface area contributed by atoms with E-state index in [2.05, 4.69) is 24.8 Å². The number of methoxy groups -OCH3 is 1. The number of carbonyl (C=O) groups is 1. The minimum absolute atomic E-state index is 0.270. The molecule has 0 spiro atoms. The van der Waals surface area contributed by atoms with Crippen molar-refractivity contribution in [3.63, 3.8) is 0 Å². The molecule has 0 radical (unpaired) electrons. The Kier molecular flexibility index (Phi) is 11.7. The number of rotatable bonds is 6. The summed E-state index contributed by atoms with van der Waals surface area (Å²) in [7, 11) is 1.62. The SMILES string of the molecule is C=O.CCC.CCOc1cc(-c2cccc(OC)c2)nn(-c2cc(N3CCOCC3)ccc2C)c1=O. The summed E-state index contributed by atoms with van der Waals surface area (Å²) in [4.78, 5) is 23.5. The second-order valence-corrected chi connectivity index (χ2v) is 8.05. The predicted molar refractivity (Wildman–Crippen MR) is 144 cm³/mol. The van der Waals surface area contributed by atoms with Gasteiger partial charge in [-0.25, -0.2) is 0 Å². The minimum Gasteiger partial charge on any atom is -0.497 e. The average molecular weight is 496 g/mol. The van der Waals surface area contributed by atoms with Crippen molar-refractivity contribution >= 4 is 12.5 Å². The minimum atomic E-state index is -0.282. The Labute approximate surface area is 213 Å². The van der Waals surface area contributed by atoms with Crippen molar-refractivity contribution in [2.75, 3.05) is 44.9 Å². The highest BCUT2D eigenvalue weighted by molar-refractivity contribution is 5.63. The summed E-state index contributed by atoms with van der Waals surface area (Å²) in [5.41, 5.74) is 3.93. The van der Waals surface area contributed by atoms with E-state index in [1.807, 2.05) is 57.0 Å². The molecule has 1 aliphatic rings. The van der Waals surface area contributed by atoms with Crippen LogP contribution in [-0.2, 0) is 9.53 Å². The molecule has 8 heteroatoms. The molecule has 8 nitrogen and oxygen atoms in total. The maximum atomic E-state index is 13.2. The third kappa shape index (κ3) is 7.18. The predicted octanol–water partition coefficient (Wildman–Crippen LogP) is 4.68. The maximum Gasteiger partial charge on any atom is 0.313 e. The lowest BCUT2D eigenvalue weighted by Crippen LogP contribution is -2.36. The van der Waals surface area contributed by atoms with Crippen LogP contribution in [0.25, 0.3) is 16.9 Å². The molecule has 36 heavy (non-hydrogen) atoms. The lowest BCUT2D eigenvalue weighted by Gasteiger charge is -2.29. The number of anilines is 1. The molecule has 3 aromatic rings. The Balaban J connectivity index is 0.000000850. The molecule has 0 unspecified atom stereocenters. The smallest absolute Gasteiger partial charge is 0.313 e. The van der Waals surface area contributed by atoms with Crippen molar-refractivity contribution in [1.82, 2.24) is 9.78 Å². The summed E-state index contributed by atoms with van der Waals surface area (Å²) in [6, 6.07) is 15.4. The Morgan fingerprint density at radius 2 is 1.72 bits per heavy atom. The molecule has 194 valence electrons. The van der Waals surface area contributed by atoms with Gasteiger partial charge in [-0.1, -0.05) is 38.5 Å². The lowest BCUT2D eigenvalue weighted by molar-refractivity contribution is -0.0980. The van der Waals surface area contributed by atoms with Crippen LogP contribution in [0, 0.1) is 6.92 Å². The van der Waals surface area contributed by atoms with E-state index in [1.54, 1.807) is 13.2 Å². The van der Waals surface area contributed by atoms with Crippen molar-refractivity contribution in [2.45, 2.75) is 34.1 Å². The molecule has 0 N–H and O–H groups in total. The maximum absolute atomic E-state index is 13.2. The number of benzene rings is 2.